The first-order chi connectivity index (χ1) is 6.07. The molecule has 0 atom stereocenters. The van der Waals surface area contributed by atoms with Gasteiger partial charge in [0.25, 0.3) is 5.88 Å². The van der Waals surface area contributed by atoms with E-state index in [0.29, 0.717) is 5.56 Å². The number of pyridine rings is 1. The van der Waals surface area contributed by atoms with E-state index in [1.165, 1.54) is 7.11 Å². The molecule has 0 bridgehead atoms. The van der Waals surface area contributed by atoms with Gasteiger partial charge in [-0.15, -0.1) is 0 Å². The van der Waals surface area contributed by atoms with Crippen LogP contribution in [0.4, 0.5) is 5.69 Å². The molecule has 0 aliphatic carbocycles. The monoisotopic (exact) mass is 182 g/mol. The zero-order valence-corrected chi connectivity index (χ0v) is 7.70. The number of nitro groups is 1. The lowest BCUT2D eigenvalue weighted by atomic mass is 10.1. The van der Waals surface area contributed by atoms with Gasteiger partial charge in [0, 0.05) is 11.8 Å². The second-order valence-electron chi connectivity index (χ2n) is 2.68. The molecule has 5 heteroatoms. The van der Waals surface area contributed by atoms with E-state index in [1.54, 1.807) is 20.0 Å². The van der Waals surface area contributed by atoms with Gasteiger partial charge in [0.15, 0.2) is 0 Å². The van der Waals surface area contributed by atoms with Crippen LogP contribution in [0.2, 0.25) is 0 Å². The molecule has 1 heterocycles. The number of aromatic nitrogens is 1. The first-order valence-electron chi connectivity index (χ1n) is 3.72. The molecular weight excluding hydrogens is 172 g/mol. The van der Waals surface area contributed by atoms with Crippen molar-refractivity contribution in [2.75, 3.05) is 7.11 Å². The lowest BCUT2D eigenvalue weighted by molar-refractivity contribution is -0.386. The maximum Gasteiger partial charge on any atom is 0.334 e. The van der Waals surface area contributed by atoms with E-state index >= 15 is 0 Å². The van der Waals surface area contributed by atoms with Crippen molar-refractivity contribution < 1.29 is 9.66 Å². The topological polar surface area (TPSA) is 65.3 Å². The van der Waals surface area contributed by atoms with Crippen molar-refractivity contribution in [3.8, 4) is 5.88 Å². The van der Waals surface area contributed by atoms with E-state index in [2.05, 4.69) is 4.98 Å². The molecule has 0 aliphatic heterocycles. The second-order valence-corrected chi connectivity index (χ2v) is 2.68. The van der Waals surface area contributed by atoms with E-state index in [9.17, 15) is 10.1 Å². The van der Waals surface area contributed by atoms with Gasteiger partial charge in [0.05, 0.1) is 12.0 Å². The van der Waals surface area contributed by atoms with Crippen molar-refractivity contribution in [1.29, 1.82) is 0 Å². The van der Waals surface area contributed by atoms with Gasteiger partial charge in [0.2, 0.25) is 0 Å². The molecule has 1 rings (SSSR count). The average molecular weight is 182 g/mol. The quantitative estimate of drug-likeness (QED) is 0.514. The highest BCUT2D eigenvalue weighted by molar-refractivity contribution is 5.50. The molecule has 1 aromatic heterocycles. The molecule has 13 heavy (non-hydrogen) atoms. The number of rotatable bonds is 2. The predicted octanol–water partition coefficient (Wildman–Crippen LogP) is 1.62. The van der Waals surface area contributed by atoms with Crippen LogP contribution in [0.1, 0.15) is 11.1 Å². The Morgan fingerprint density at radius 3 is 2.62 bits per heavy atom. The van der Waals surface area contributed by atoms with Crippen molar-refractivity contribution in [2.45, 2.75) is 13.8 Å². The number of aryl methyl sites for hydroxylation is 1. The van der Waals surface area contributed by atoms with E-state index in [4.69, 9.17) is 4.74 Å². The number of hydrogen-bond donors (Lipinski definition) is 0. The first kappa shape index (κ1) is 9.44. The fourth-order valence-corrected chi connectivity index (χ4v) is 1.02. The van der Waals surface area contributed by atoms with Crippen molar-refractivity contribution in [3.63, 3.8) is 0 Å². The molecule has 0 saturated carbocycles. The van der Waals surface area contributed by atoms with Gasteiger partial charge in [-0.2, -0.15) is 0 Å². The Morgan fingerprint density at radius 1 is 1.54 bits per heavy atom. The van der Waals surface area contributed by atoms with E-state index in [-0.39, 0.29) is 11.6 Å². The smallest absolute Gasteiger partial charge is 0.334 e. The Bertz CT molecular complexity index is 349. The maximum atomic E-state index is 10.6. The third-order valence-corrected chi connectivity index (χ3v) is 1.90. The molecule has 0 N–H and O–H groups in total. The summed E-state index contributed by atoms with van der Waals surface area (Å²) in [5, 5.41) is 10.6. The molecule has 0 radical (unpaired) electrons. The van der Waals surface area contributed by atoms with Gasteiger partial charge in [0.1, 0.15) is 0 Å². The van der Waals surface area contributed by atoms with Crippen LogP contribution < -0.4 is 4.74 Å². The third kappa shape index (κ3) is 1.58. The molecule has 5 nitrogen and oxygen atoms in total. The minimum atomic E-state index is -0.478. The first-order valence-corrected chi connectivity index (χ1v) is 3.72. The molecule has 1 aromatic rings. The summed E-state index contributed by atoms with van der Waals surface area (Å²) >= 11 is 0. The molecule has 0 unspecified atom stereocenters. The molecule has 0 spiro atoms. The van der Waals surface area contributed by atoms with E-state index < -0.39 is 4.92 Å². The molecule has 0 saturated heterocycles. The van der Waals surface area contributed by atoms with Crippen LogP contribution in [0.5, 0.6) is 5.88 Å². The molecule has 70 valence electrons. The van der Waals surface area contributed by atoms with Gasteiger partial charge in [-0.05, 0) is 19.4 Å². The van der Waals surface area contributed by atoms with Crippen LogP contribution in [0, 0.1) is 24.0 Å². The van der Waals surface area contributed by atoms with Crippen LogP contribution in [-0.2, 0) is 0 Å². The summed E-state index contributed by atoms with van der Waals surface area (Å²) in [7, 11) is 1.37. The fraction of sp³-hybridized carbons (Fsp3) is 0.375. The summed E-state index contributed by atoms with van der Waals surface area (Å²) in [5.41, 5.74) is 1.33. The highest BCUT2D eigenvalue weighted by Crippen LogP contribution is 2.29. The fourth-order valence-electron chi connectivity index (χ4n) is 1.02. The zero-order valence-electron chi connectivity index (χ0n) is 7.70. The summed E-state index contributed by atoms with van der Waals surface area (Å²) in [4.78, 5) is 14.0. The summed E-state index contributed by atoms with van der Waals surface area (Å²) < 4.78 is 4.79. The third-order valence-electron chi connectivity index (χ3n) is 1.90. The number of methoxy groups -OCH3 is 1. The molecule has 0 aromatic carbocycles. The average Bonchev–Trinajstić information content (AvgIpc) is 2.08. The van der Waals surface area contributed by atoms with Gasteiger partial charge in [-0.1, -0.05) is 0 Å². The van der Waals surface area contributed by atoms with Crippen LogP contribution >= 0.6 is 0 Å². The maximum absolute atomic E-state index is 10.6. The predicted molar refractivity (Wildman–Crippen MR) is 46.9 cm³/mol. The van der Waals surface area contributed by atoms with Crippen LogP contribution in [-0.4, -0.2) is 17.0 Å². The van der Waals surface area contributed by atoms with Crippen molar-refractivity contribution in [3.05, 3.63) is 27.4 Å². The van der Waals surface area contributed by atoms with Gasteiger partial charge >= 0.3 is 5.69 Å². The van der Waals surface area contributed by atoms with E-state index in [0.717, 1.165) is 5.56 Å². The van der Waals surface area contributed by atoms with Gasteiger partial charge in [-0.25, -0.2) is 4.98 Å². The Labute approximate surface area is 75.5 Å². The summed E-state index contributed by atoms with van der Waals surface area (Å²) in [5.74, 6) is 0.0631. The van der Waals surface area contributed by atoms with Crippen LogP contribution in [0.3, 0.4) is 0 Å². The Hall–Kier alpha value is -1.65. The normalized spacial score (nSPS) is 9.77. The van der Waals surface area contributed by atoms with Gasteiger partial charge in [-0.3, -0.25) is 10.1 Å². The molecule has 0 amide bonds. The van der Waals surface area contributed by atoms with Crippen LogP contribution in [0.25, 0.3) is 0 Å². The highest BCUT2D eigenvalue weighted by atomic mass is 16.6. The summed E-state index contributed by atoms with van der Waals surface area (Å²) in [6.45, 7) is 3.45. The number of nitrogens with zero attached hydrogens (tertiary/aromatic N) is 2. The summed E-state index contributed by atoms with van der Waals surface area (Å²) in [6, 6.07) is 0. The SMILES string of the molecule is COc1ncc(C)c(C)c1[N+](=O)[O-]. The number of ether oxygens (including phenoxy) is 1. The van der Waals surface area contributed by atoms with Crippen molar-refractivity contribution in [1.82, 2.24) is 4.98 Å². The second kappa shape index (κ2) is 3.38. The largest absolute Gasteiger partial charge is 0.476 e. The standard InChI is InChI=1S/C8H10N2O3/c1-5-4-9-8(13-3)7(6(5)2)10(11)12/h4H,1-3H3. The highest BCUT2D eigenvalue weighted by Gasteiger charge is 2.20. The minimum Gasteiger partial charge on any atom is -0.476 e. The Morgan fingerprint density at radius 2 is 2.15 bits per heavy atom. The lowest BCUT2D eigenvalue weighted by Gasteiger charge is -2.04. The number of hydrogen-bond acceptors (Lipinski definition) is 4. The van der Waals surface area contributed by atoms with Crippen LogP contribution in [0.15, 0.2) is 6.20 Å². The van der Waals surface area contributed by atoms with E-state index in [1.807, 2.05) is 0 Å². The molecule has 0 fully saturated rings. The summed E-state index contributed by atoms with van der Waals surface area (Å²) in [6.07, 6.45) is 1.56. The Kier molecular flexibility index (Phi) is 2.46. The molecular formula is C8H10N2O3. The molecule has 0 aliphatic rings. The van der Waals surface area contributed by atoms with Crippen molar-refractivity contribution in [2.24, 2.45) is 0 Å². The Balaban J connectivity index is 3.41. The zero-order chi connectivity index (χ0) is 10.0. The minimum absolute atomic E-state index is 0.0532. The lowest BCUT2D eigenvalue weighted by Crippen LogP contribution is -2.00. The van der Waals surface area contributed by atoms with Gasteiger partial charge < -0.3 is 4.74 Å². The van der Waals surface area contributed by atoms with Crippen molar-refractivity contribution >= 4 is 5.69 Å².